The lowest BCUT2D eigenvalue weighted by Crippen LogP contribution is -2.04. The minimum Gasteiger partial charge on any atom is -0.339 e. The van der Waals surface area contributed by atoms with Crippen LogP contribution in [0.5, 0.6) is 0 Å². The average Bonchev–Trinajstić information content (AvgIpc) is 2.40. The number of rotatable bonds is 4. The summed E-state index contributed by atoms with van der Waals surface area (Å²) < 4.78 is 1.02. The summed E-state index contributed by atoms with van der Waals surface area (Å²) in [6.45, 7) is 8.24. The van der Waals surface area contributed by atoms with Gasteiger partial charge in [-0.25, -0.2) is 9.97 Å². The van der Waals surface area contributed by atoms with Gasteiger partial charge in [0.15, 0.2) is 0 Å². The second-order valence-corrected chi connectivity index (χ2v) is 6.47. The van der Waals surface area contributed by atoms with Crippen LogP contribution in [0.25, 0.3) is 0 Å². The number of aromatic nitrogens is 2. The maximum absolute atomic E-state index is 6.20. The van der Waals surface area contributed by atoms with Crippen molar-refractivity contribution in [2.24, 2.45) is 0 Å². The van der Waals surface area contributed by atoms with Gasteiger partial charge in [-0.3, -0.25) is 0 Å². The summed E-state index contributed by atoms with van der Waals surface area (Å²) in [5.74, 6) is 1.93. The lowest BCUT2D eigenvalue weighted by Gasteiger charge is -2.14. The van der Waals surface area contributed by atoms with Crippen LogP contribution in [-0.4, -0.2) is 9.97 Å². The van der Waals surface area contributed by atoms with Crippen LogP contribution in [0.2, 0.25) is 5.15 Å². The molecule has 0 aliphatic heterocycles. The zero-order valence-corrected chi connectivity index (χ0v) is 15.0. The van der Waals surface area contributed by atoms with Gasteiger partial charge in [0.2, 0.25) is 0 Å². The van der Waals surface area contributed by atoms with Gasteiger partial charge in [-0.05, 0) is 52.9 Å². The number of aryl methyl sites for hydroxylation is 1. The Morgan fingerprint density at radius 2 is 2.00 bits per heavy atom. The summed E-state index contributed by atoms with van der Waals surface area (Å²) in [7, 11) is 0. The molecule has 112 valence electrons. The van der Waals surface area contributed by atoms with Crippen molar-refractivity contribution >= 4 is 39.0 Å². The molecule has 21 heavy (non-hydrogen) atoms. The van der Waals surface area contributed by atoms with E-state index < -0.39 is 0 Å². The molecule has 0 aliphatic carbocycles. The molecule has 0 bridgehead atoms. The van der Waals surface area contributed by atoms with Gasteiger partial charge in [0.05, 0.1) is 5.69 Å². The van der Waals surface area contributed by atoms with E-state index in [9.17, 15) is 0 Å². The van der Waals surface area contributed by atoms with Crippen LogP contribution in [-0.2, 0) is 6.42 Å². The molecule has 2 rings (SSSR count). The number of nitrogens with zero attached hydrogens (tertiary/aromatic N) is 2. The van der Waals surface area contributed by atoms with Crippen LogP contribution in [0.3, 0.4) is 0 Å². The summed E-state index contributed by atoms with van der Waals surface area (Å²) in [5.41, 5.74) is 3.20. The van der Waals surface area contributed by atoms with E-state index in [0.29, 0.717) is 16.9 Å². The van der Waals surface area contributed by atoms with E-state index in [4.69, 9.17) is 11.6 Å². The van der Waals surface area contributed by atoms with Gasteiger partial charge in [0.1, 0.15) is 16.8 Å². The van der Waals surface area contributed by atoms with E-state index in [2.05, 4.69) is 63.3 Å². The molecule has 1 aromatic carbocycles. The van der Waals surface area contributed by atoms with Crippen LogP contribution < -0.4 is 5.32 Å². The Labute approximate surface area is 139 Å². The first-order valence-corrected chi connectivity index (χ1v) is 8.19. The van der Waals surface area contributed by atoms with Crippen LogP contribution in [0, 0.1) is 6.92 Å². The topological polar surface area (TPSA) is 37.8 Å². The summed E-state index contributed by atoms with van der Waals surface area (Å²) >= 11 is 9.82. The predicted octanol–water partition coefficient (Wildman–Crippen LogP) is 5.63. The van der Waals surface area contributed by atoms with Gasteiger partial charge in [-0.2, -0.15) is 0 Å². The minimum absolute atomic E-state index is 0.497. The minimum atomic E-state index is 0.497. The summed E-state index contributed by atoms with van der Waals surface area (Å²) in [4.78, 5) is 8.68. The van der Waals surface area contributed by atoms with Gasteiger partial charge < -0.3 is 5.32 Å². The molecule has 1 aromatic heterocycles. The quantitative estimate of drug-likeness (QED) is 0.711. The van der Waals surface area contributed by atoms with E-state index in [1.54, 1.807) is 0 Å². The number of hydrogen-bond donors (Lipinski definition) is 1. The highest BCUT2D eigenvalue weighted by Crippen LogP contribution is 2.31. The second kappa shape index (κ2) is 6.75. The summed E-state index contributed by atoms with van der Waals surface area (Å²) in [6.07, 6.45) is 0.781. The van der Waals surface area contributed by atoms with Crippen molar-refractivity contribution < 1.29 is 0 Å². The lowest BCUT2D eigenvalue weighted by atomic mass is 10.0. The second-order valence-electron chi connectivity index (χ2n) is 5.26. The van der Waals surface area contributed by atoms with Crippen molar-refractivity contribution in [3.8, 4) is 0 Å². The van der Waals surface area contributed by atoms with Crippen LogP contribution in [0.4, 0.5) is 11.5 Å². The molecule has 0 radical (unpaired) electrons. The normalized spacial score (nSPS) is 11.0. The molecule has 3 nitrogen and oxygen atoms in total. The lowest BCUT2D eigenvalue weighted by molar-refractivity contribution is 0.866. The Morgan fingerprint density at radius 1 is 1.29 bits per heavy atom. The maximum Gasteiger partial charge on any atom is 0.138 e. The van der Waals surface area contributed by atoms with Gasteiger partial charge in [-0.1, -0.05) is 38.4 Å². The molecule has 0 fully saturated rings. The highest BCUT2D eigenvalue weighted by Gasteiger charge is 2.12. The van der Waals surface area contributed by atoms with Crippen molar-refractivity contribution in [2.75, 3.05) is 5.32 Å². The van der Waals surface area contributed by atoms with E-state index in [1.165, 1.54) is 5.56 Å². The van der Waals surface area contributed by atoms with E-state index in [-0.39, 0.29) is 0 Å². The van der Waals surface area contributed by atoms with E-state index in [0.717, 1.165) is 28.0 Å². The van der Waals surface area contributed by atoms with E-state index >= 15 is 0 Å². The summed E-state index contributed by atoms with van der Waals surface area (Å²) in [6, 6.07) is 6.32. The molecule has 1 N–H and O–H groups in total. The zero-order valence-electron chi connectivity index (χ0n) is 12.7. The number of nitrogens with one attached hydrogen (secondary N) is 1. The number of halogens is 2. The van der Waals surface area contributed by atoms with Gasteiger partial charge >= 0.3 is 0 Å². The van der Waals surface area contributed by atoms with Crippen LogP contribution >= 0.6 is 27.5 Å². The summed E-state index contributed by atoms with van der Waals surface area (Å²) in [5, 5.41) is 3.87. The molecule has 0 saturated heterocycles. The van der Waals surface area contributed by atoms with Gasteiger partial charge in [0, 0.05) is 10.0 Å². The number of hydrogen-bond acceptors (Lipinski definition) is 3. The number of benzene rings is 1. The van der Waals surface area contributed by atoms with Crippen molar-refractivity contribution in [2.45, 2.75) is 40.0 Å². The molecule has 5 heteroatoms. The Bertz CT molecular complexity index is 656. The third-order valence-electron chi connectivity index (χ3n) is 3.33. The Kier molecular flexibility index (Phi) is 5.22. The molecule has 0 spiro atoms. The fraction of sp³-hybridized carbons (Fsp3) is 0.375. The van der Waals surface area contributed by atoms with Crippen LogP contribution in [0.15, 0.2) is 22.7 Å². The highest BCUT2D eigenvalue weighted by atomic mass is 79.9. The molecule has 2 aromatic rings. The molecule has 1 heterocycles. The van der Waals surface area contributed by atoms with Crippen molar-refractivity contribution in [1.82, 2.24) is 9.97 Å². The third kappa shape index (κ3) is 3.74. The molecular formula is C16H19BrClN3. The van der Waals surface area contributed by atoms with Crippen molar-refractivity contribution in [1.29, 1.82) is 0 Å². The first kappa shape index (κ1) is 16.2. The van der Waals surface area contributed by atoms with Gasteiger partial charge in [-0.15, -0.1) is 0 Å². The first-order chi connectivity index (χ1) is 9.92. The molecule has 0 unspecified atom stereocenters. The Hall–Kier alpha value is -1.13. The fourth-order valence-corrected chi connectivity index (χ4v) is 2.94. The third-order valence-corrected chi connectivity index (χ3v) is 4.30. The van der Waals surface area contributed by atoms with E-state index in [1.807, 2.05) is 13.8 Å². The highest BCUT2D eigenvalue weighted by molar-refractivity contribution is 9.10. The Balaban J connectivity index is 2.38. The van der Waals surface area contributed by atoms with Crippen LogP contribution in [0.1, 0.15) is 43.6 Å². The Morgan fingerprint density at radius 3 is 2.57 bits per heavy atom. The first-order valence-electron chi connectivity index (χ1n) is 7.01. The molecule has 0 atom stereocenters. The monoisotopic (exact) mass is 367 g/mol. The van der Waals surface area contributed by atoms with Crippen molar-refractivity contribution in [3.05, 3.63) is 44.8 Å². The number of anilines is 2. The zero-order chi connectivity index (χ0) is 15.6. The smallest absolute Gasteiger partial charge is 0.138 e. The standard InChI is InChI=1S/C16H19BrClN3/c1-5-12-15(18)19-10(4)20-16(12)21-14-7-6-11(9(2)3)8-13(14)17/h6-9H,5H2,1-4H3,(H,19,20,21). The SMILES string of the molecule is CCc1c(Cl)nc(C)nc1Nc1ccc(C(C)C)cc1Br. The fourth-order valence-electron chi connectivity index (χ4n) is 2.10. The van der Waals surface area contributed by atoms with Crippen molar-refractivity contribution in [3.63, 3.8) is 0 Å². The largest absolute Gasteiger partial charge is 0.339 e. The molecule has 0 saturated carbocycles. The maximum atomic E-state index is 6.20. The average molecular weight is 369 g/mol. The molecule has 0 aliphatic rings. The predicted molar refractivity (Wildman–Crippen MR) is 92.7 cm³/mol. The molecule has 0 amide bonds. The van der Waals surface area contributed by atoms with Gasteiger partial charge in [0.25, 0.3) is 0 Å². The molecular weight excluding hydrogens is 350 g/mol.